The molecule has 1 aromatic carbocycles. The zero-order valence-electron chi connectivity index (χ0n) is 17.6. The average Bonchev–Trinajstić information content (AvgIpc) is 2.88. The lowest BCUT2D eigenvalue weighted by Gasteiger charge is -2.33. The van der Waals surface area contributed by atoms with Gasteiger partial charge in [0.1, 0.15) is 17.1 Å². The van der Waals surface area contributed by atoms with Crippen LogP contribution in [-0.2, 0) is 4.79 Å². The Hall–Kier alpha value is -2.66. The zero-order chi connectivity index (χ0) is 21.3. The van der Waals surface area contributed by atoms with Crippen molar-refractivity contribution in [1.82, 2.24) is 10.6 Å². The summed E-state index contributed by atoms with van der Waals surface area (Å²) in [6, 6.07) is 2.01. The zero-order valence-corrected chi connectivity index (χ0v) is 17.6. The van der Waals surface area contributed by atoms with Gasteiger partial charge in [-0.15, -0.1) is 0 Å². The van der Waals surface area contributed by atoms with E-state index >= 15 is 0 Å². The Labute approximate surface area is 171 Å². The molecular formula is C24H29FN2O2. The van der Waals surface area contributed by atoms with Gasteiger partial charge in [-0.3, -0.25) is 4.79 Å². The van der Waals surface area contributed by atoms with E-state index in [4.69, 9.17) is 0 Å². The molecule has 154 valence electrons. The van der Waals surface area contributed by atoms with Crippen molar-refractivity contribution in [2.75, 3.05) is 13.1 Å². The quantitative estimate of drug-likeness (QED) is 0.653. The van der Waals surface area contributed by atoms with Gasteiger partial charge in [0.15, 0.2) is 0 Å². The van der Waals surface area contributed by atoms with E-state index in [9.17, 15) is 14.3 Å². The van der Waals surface area contributed by atoms with Crippen LogP contribution in [0.2, 0.25) is 0 Å². The van der Waals surface area contributed by atoms with E-state index in [0.29, 0.717) is 18.4 Å². The maximum atomic E-state index is 13.2. The van der Waals surface area contributed by atoms with Gasteiger partial charge in [0.2, 0.25) is 0 Å². The number of nitrogens with one attached hydrogen (secondary N) is 2. The minimum atomic E-state index is -0.684. The van der Waals surface area contributed by atoms with Crippen molar-refractivity contribution in [2.24, 2.45) is 0 Å². The number of benzene rings is 1. The molecule has 3 rings (SSSR count). The summed E-state index contributed by atoms with van der Waals surface area (Å²) in [6.45, 7) is 12.6. The van der Waals surface area contributed by atoms with Crippen LogP contribution in [0, 0.1) is 20.8 Å². The van der Waals surface area contributed by atoms with Crippen LogP contribution < -0.4 is 10.6 Å². The second kappa shape index (κ2) is 7.99. The first-order chi connectivity index (χ1) is 13.7. The first-order valence-corrected chi connectivity index (χ1v) is 9.99. The summed E-state index contributed by atoms with van der Waals surface area (Å²) < 4.78 is 13.2. The highest BCUT2D eigenvalue weighted by Crippen LogP contribution is 2.41. The van der Waals surface area contributed by atoms with Crippen LogP contribution in [0.15, 0.2) is 42.5 Å². The number of aliphatic hydroxyl groups is 1. The number of rotatable bonds is 4. The Morgan fingerprint density at radius 2 is 1.86 bits per heavy atom. The standard InChI is InChI=1S/C24H29FN2O2/c1-6-18(8-7-16(4)25)19-14(2)13-15(3)20(17(19)5)21-22(28)24(27-23(21)29)9-11-26-12-10-24/h6-8,13,26,28H,4,9-12H2,1-3,5H3,(H,27,29)/b8-7-,18-6+. The van der Waals surface area contributed by atoms with Gasteiger partial charge in [-0.05, 0) is 93.1 Å². The Morgan fingerprint density at radius 1 is 1.21 bits per heavy atom. The maximum Gasteiger partial charge on any atom is 0.256 e. The highest BCUT2D eigenvalue weighted by molar-refractivity contribution is 6.24. The molecule has 2 aliphatic heterocycles. The van der Waals surface area contributed by atoms with Gasteiger partial charge >= 0.3 is 0 Å². The molecule has 3 N–H and O–H groups in total. The monoisotopic (exact) mass is 396 g/mol. The van der Waals surface area contributed by atoms with Crippen LogP contribution in [0.3, 0.4) is 0 Å². The lowest BCUT2D eigenvalue weighted by atomic mass is 9.83. The molecule has 29 heavy (non-hydrogen) atoms. The summed E-state index contributed by atoms with van der Waals surface area (Å²) in [7, 11) is 0. The van der Waals surface area contributed by atoms with Crippen LogP contribution >= 0.6 is 0 Å². The molecule has 0 aliphatic carbocycles. The van der Waals surface area contributed by atoms with Crippen molar-refractivity contribution in [3.63, 3.8) is 0 Å². The van der Waals surface area contributed by atoms with Crippen molar-refractivity contribution >= 4 is 17.1 Å². The fourth-order valence-corrected chi connectivity index (χ4v) is 4.65. The molecule has 1 aromatic rings. The third-order valence-corrected chi connectivity index (χ3v) is 5.99. The normalized spacial score (nSPS) is 19.3. The van der Waals surface area contributed by atoms with Crippen LogP contribution in [0.1, 0.15) is 47.6 Å². The van der Waals surface area contributed by atoms with Crippen molar-refractivity contribution < 1.29 is 14.3 Å². The van der Waals surface area contributed by atoms with E-state index in [1.165, 1.54) is 6.08 Å². The molecule has 0 atom stereocenters. The molecule has 0 aromatic heterocycles. The number of halogens is 1. The summed E-state index contributed by atoms with van der Waals surface area (Å²) in [5, 5.41) is 17.5. The summed E-state index contributed by atoms with van der Waals surface area (Å²) in [5.74, 6) is -0.616. The third-order valence-electron chi connectivity index (χ3n) is 5.99. The van der Waals surface area contributed by atoms with Gasteiger partial charge in [0.05, 0.1) is 5.57 Å². The fourth-order valence-electron chi connectivity index (χ4n) is 4.65. The minimum Gasteiger partial charge on any atom is -0.509 e. The Kier molecular flexibility index (Phi) is 5.80. The van der Waals surface area contributed by atoms with Crippen molar-refractivity contribution in [2.45, 2.75) is 46.1 Å². The van der Waals surface area contributed by atoms with Gasteiger partial charge in [-0.1, -0.05) is 24.8 Å². The SMILES string of the molecule is C=C(F)/C=C\C(=C/C)c1c(C)cc(C)c(C2=C(O)C3(CCNCC3)NC2=O)c1C. The molecular weight excluding hydrogens is 367 g/mol. The molecule has 0 radical (unpaired) electrons. The van der Waals surface area contributed by atoms with Crippen molar-refractivity contribution in [1.29, 1.82) is 0 Å². The summed E-state index contributed by atoms with van der Waals surface area (Å²) >= 11 is 0. The van der Waals surface area contributed by atoms with Gasteiger partial charge in [-0.2, -0.15) is 0 Å². The van der Waals surface area contributed by atoms with Gasteiger partial charge in [0.25, 0.3) is 5.91 Å². The molecule has 1 spiro atoms. The largest absolute Gasteiger partial charge is 0.509 e. The summed E-state index contributed by atoms with van der Waals surface area (Å²) in [6.07, 6.45) is 6.24. The predicted octanol–water partition coefficient (Wildman–Crippen LogP) is 4.58. The number of amides is 1. The second-order valence-electron chi connectivity index (χ2n) is 7.92. The van der Waals surface area contributed by atoms with Crippen LogP contribution in [0.5, 0.6) is 0 Å². The molecule has 2 aliphatic rings. The number of aryl methyl sites for hydroxylation is 2. The lowest BCUT2D eigenvalue weighted by molar-refractivity contribution is -0.116. The Bertz CT molecular complexity index is 964. The van der Waals surface area contributed by atoms with Gasteiger partial charge < -0.3 is 15.7 Å². The summed E-state index contributed by atoms with van der Waals surface area (Å²) in [4.78, 5) is 13.0. The highest BCUT2D eigenvalue weighted by atomic mass is 19.1. The maximum absolute atomic E-state index is 13.2. The number of allylic oxidation sites excluding steroid dienone is 5. The molecule has 0 unspecified atom stereocenters. The smallest absolute Gasteiger partial charge is 0.256 e. The molecule has 0 bridgehead atoms. The van der Waals surface area contributed by atoms with E-state index < -0.39 is 11.4 Å². The molecule has 1 saturated heterocycles. The van der Waals surface area contributed by atoms with E-state index in [2.05, 4.69) is 17.2 Å². The first-order valence-electron chi connectivity index (χ1n) is 9.99. The van der Waals surface area contributed by atoms with Crippen LogP contribution in [-0.4, -0.2) is 29.6 Å². The Balaban J connectivity index is 2.21. The van der Waals surface area contributed by atoms with Gasteiger partial charge in [0, 0.05) is 0 Å². The lowest BCUT2D eigenvalue weighted by Crippen LogP contribution is -2.51. The van der Waals surface area contributed by atoms with Crippen molar-refractivity contribution in [3.05, 3.63) is 70.3 Å². The van der Waals surface area contributed by atoms with Crippen molar-refractivity contribution in [3.8, 4) is 0 Å². The molecule has 1 fully saturated rings. The third kappa shape index (κ3) is 3.67. The molecule has 4 nitrogen and oxygen atoms in total. The number of carbonyl (C=O) groups is 1. The van der Waals surface area contributed by atoms with E-state index in [1.807, 2.05) is 39.8 Å². The number of aliphatic hydroxyl groups excluding tert-OH is 1. The topological polar surface area (TPSA) is 61.4 Å². The average molecular weight is 397 g/mol. The van der Waals surface area contributed by atoms with E-state index in [0.717, 1.165) is 46.5 Å². The Morgan fingerprint density at radius 3 is 2.45 bits per heavy atom. The van der Waals surface area contributed by atoms with Crippen LogP contribution in [0.25, 0.3) is 11.1 Å². The predicted molar refractivity (Wildman–Crippen MR) is 116 cm³/mol. The van der Waals surface area contributed by atoms with Gasteiger partial charge in [-0.25, -0.2) is 4.39 Å². The minimum absolute atomic E-state index is 0.139. The first kappa shape index (κ1) is 21.1. The number of hydrogen-bond donors (Lipinski definition) is 3. The number of piperidine rings is 1. The molecule has 1 amide bonds. The molecule has 0 saturated carbocycles. The van der Waals surface area contributed by atoms with Crippen LogP contribution in [0.4, 0.5) is 4.39 Å². The fraction of sp³-hybridized carbons (Fsp3) is 0.375. The molecule has 5 heteroatoms. The summed E-state index contributed by atoms with van der Waals surface area (Å²) in [5.41, 5.74) is 5.06. The highest BCUT2D eigenvalue weighted by Gasteiger charge is 2.47. The van der Waals surface area contributed by atoms with E-state index in [-0.39, 0.29) is 11.7 Å². The number of carbonyl (C=O) groups excluding carboxylic acids is 1. The number of hydrogen-bond acceptors (Lipinski definition) is 3. The molecule has 2 heterocycles. The second-order valence-corrected chi connectivity index (χ2v) is 7.92. The van der Waals surface area contributed by atoms with E-state index in [1.54, 1.807) is 6.08 Å².